The van der Waals surface area contributed by atoms with Gasteiger partial charge < -0.3 is 15.5 Å². The lowest BCUT2D eigenvalue weighted by molar-refractivity contribution is 0.315. The van der Waals surface area contributed by atoms with Crippen molar-refractivity contribution in [1.29, 1.82) is 0 Å². The van der Waals surface area contributed by atoms with Gasteiger partial charge in [0.2, 0.25) is 0 Å². The second kappa shape index (κ2) is 6.04. The Morgan fingerprint density at radius 3 is 2.78 bits per heavy atom. The second-order valence-corrected chi connectivity index (χ2v) is 6.02. The average Bonchev–Trinajstić information content (AvgIpc) is 2.81. The van der Waals surface area contributed by atoms with Crippen LogP contribution < -0.4 is 10.6 Å². The molecule has 1 aliphatic heterocycles. The molecule has 0 saturated carbocycles. The predicted octanol–water partition coefficient (Wildman–Crippen LogP) is 2.09. The summed E-state index contributed by atoms with van der Waals surface area (Å²) < 4.78 is 1.18. The third kappa shape index (κ3) is 3.05. The summed E-state index contributed by atoms with van der Waals surface area (Å²) in [6.07, 6.45) is 2.18. The van der Waals surface area contributed by atoms with E-state index in [0.717, 1.165) is 19.5 Å². The zero-order valence-electron chi connectivity index (χ0n) is 11.2. The molecular weight excluding hydrogens is 290 g/mol. The van der Waals surface area contributed by atoms with Crippen LogP contribution >= 0.6 is 15.9 Å². The normalized spacial score (nSPS) is 19.8. The lowest BCUT2D eigenvalue weighted by atomic mass is 10.1. The fourth-order valence-corrected chi connectivity index (χ4v) is 3.05. The summed E-state index contributed by atoms with van der Waals surface area (Å²) in [5, 5.41) is 0. The molecule has 18 heavy (non-hydrogen) atoms. The van der Waals surface area contributed by atoms with E-state index in [2.05, 4.69) is 58.0 Å². The lowest BCUT2D eigenvalue weighted by Gasteiger charge is -2.22. The summed E-state index contributed by atoms with van der Waals surface area (Å²) in [5.74, 6) is 0. The van der Waals surface area contributed by atoms with Gasteiger partial charge in [0.1, 0.15) is 0 Å². The van der Waals surface area contributed by atoms with Gasteiger partial charge in [-0.1, -0.05) is 22.0 Å². The fourth-order valence-electron chi connectivity index (χ4n) is 2.49. The fraction of sp³-hybridized carbons (Fsp3) is 0.571. The number of anilines is 1. The van der Waals surface area contributed by atoms with Crippen molar-refractivity contribution in [2.45, 2.75) is 18.9 Å². The zero-order valence-corrected chi connectivity index (χ0v) is 12.8. The molecule has 100 valence electrons. The SMILES string of the molecule is CN(C)C1CCN(c2ccc(CCN)c(Br)c2)C1. The number of rotatable bonds is 4. The van der Waals surface area contributed by atoms with E-state index in [1.165, 1.54) is 22.1 Å². The Morgan fingerprint density at radius 2 is 2.22 bits per heavy atom. The first-order chi connectivity index (χ1) is 8.61. The highest BCUT2D eigenvalue weighted by Crippen LogP contribution is 2.27. The van der Waals surface area contributed by atoms with Gasteiger partial charge in [-0.15, -0.1) is 0 Å². The van der Waals surface area contributed by atoms with Crippen LogP contribution in [0.4, 0.5) is 5.69 Å². The van der Waals surface area contributed by atoms with Gasteiger partial charge in [0.25, 0.3) is 0 Å². The van der Waals surface area contributed by atoms with E-state index in [1.807, 2.05) is 0 Å². The Bertz CT molecular complexity index is 406. The van der Waals surface area contributed by atoms with E-state index in [-0.39, 0.29) is 0 Å². The summed E-state index contributed by atoms with van der Waals surface area (Å²) in [6.45, 7) is 2.96. The minimum Gasteiger partial charge on any atom is -0.370 e. The van der Waals surface area contributed by atoms with Gasteiger partial charge >= 0.3 is 0 Å². The monoisotopic (exact) mass is 311 g/mol. The molecule has 0 aromatic heterocycles. The van der Waals surface area contributed by atoms with Gasteiger partial charge in [-0.2, -0.15) is 0 Å². The summed E-state index contributed by atoms with van der Waals surface area (Å²) in [6, 6.07) is 7.30. The number of nitrogens with two attached hydrogens (primary N) is 1. The molecule has 2 N–H and O–H groups in total. The van der Waals surface area contributed by atoms with Crippen LogP contribution in [0.3, 0.4) is 0 Å². The van der Waals surface area contributed by atoms with Crippen molar-refractivity contribution in [3.8, 4) is 0 Å². The number of benzene rings is 1. The molecule has 2 rings (SSSR count). The van der Waals surface area contributed by atoms with E-state index in [9.17, 15) is 0 Å². The Morgan fingerprint density at radius 1 is 1.44 bits per heavy atom. The molecule has 1 atom stereocenters. The molecule has 3 nitrogen and oxygen atoms in total. The number of nitrogens with zero attached hydrogens (tertiary/aromatic N) is 2. The molecule has 1 saturated heterocycles. The highest BCUT2D eigenvalue weighted by atomic mass is 79.9. The topological polar surface area (TPSA) is 32.5 Å². The molecule has 0 amide bonds. The highest BCUT2D eigenvalue weighted by Gasteiger charge is 2.24. The first-order valence-electron chi connectivity index (χ1n) is 6.51. The Labute approximate surface area is 118 Å². The molecule has 1 heterocycles. The maximum absolute atomic E-state index is 5.60. The number of hydrogen-bond acceptors (Lipinski definition) is 3. The van der Waals surface area contributed by atoms with Crippen molar-refractivity contribution in [1.82, 2.24) is 4.90 Å². The van der Waals surface area contributed by atoms with E-state index in [4.69, 9.17) is 5.73 Å². The van der Waals surface area contributed by atoms with Crippen LogP contribution in [0.5, 0.6) is 0 Å². The predicted molar refractivity (Wildman–Crippen MR) is 81.2 cm³/mol. The standard InChI is InChI=1S/C14H22BrN3/c1-17(2)13-6-8-18(10-13)12-4-3-11(5-7-16)14(15)9-12/h3-4,9,13H,5-8,10,16H2,1-2H3. The third-order valence-corrected chi connectivity index (χ3v) is 4.45. The lowest BCUT2D eigenvalue weighted by Crippen LogP contribution is -2.31. The Kier molecular flexibility index (Phi) is 4.65. The summed E-state index contributed by atoms with van der Waals surface area (Å²) in [7, 11) is 4.32. The largest absolute Gasteiger partial charge is 0.370 e. The van der Waals surface area contributed by atoms with Crippen LogP contribution in [0.15, 0.2) is 22.7 Å². The number of halogens is 1. The van der Waals surface area contributed by atoms with Crippen LogP contribution in [-0.4, -0.2) is 44.7 Å². The van der Waals surface area contributed by atoms with E-state index < -0.39 is 0 Å². The van der Waals surface area contributed by atoms with Gasteiger partial charge in [0.05, 0.1) is 0 Å². The van der Waals surface area contributed by atoms with Gasteiger partial charge in [-0.05, 0) is 51.2 Å². The quantitative estimate of drug-likeness (QED) is 0.924. The Hall–Kier alpha value is -0.580. The van der Waals surface area contributed by atoms with E-state index >= 15 is 0 Å². The van der Waals surface area contributed by atoms with Gasteiger partial charge in [0, 0.05) is 29.3 Å². The van der Waals surface area contributed by atoms with Crippen LogP contribution in [0.1, 0.15) is 12.0 Å². The molecule has 1 aliphatic rings. The van der Waals surface area contributed by atoms with Gasteiger partial charge in [0.15, 0.2) is 0 Å². The molecule has 1 unspecified atom stereocenters. The number of likely N-dealkylation sites (N-methyl/N-ethyl adjacent to an activating group) is 1. The summed E-state index contributed by atoms with van der Waals surface area (Å²) in [4.78, 5) is 4.78. The Balaban J connectivity index is 2.08. The third-order valence-electron chi connectivity index (χ3n) is 3.71. The zero-order chi connectivity index (χ0) is 13.1. The van der Waals surface area contributed by atoms with Crippen LogP contribution in [-0.2, 0) is 6.42 Å². The maximum atomic E-state index is 5.60. The summed E-state index contributed by atoms with van der Waals surface area (Å²) in [5.41, 5.74) is 8.21. The molecule has 4 heteroatoms. The molecule has 0 bridgehead atoms. The molecule has 0 spiro atoms. The molecule has 0 aliphatic carbocycles. The molecule has 1 aromatic carbocycles. The first kappa shape index (κ1) is 13.8. The van der Waals surface area contributed by atoms with Gasteiger partial charge in [-0.3, -0.25) is 0 Å². The smallest absolute Gasteiger partial charge is 0.0378 e. The van der Waals surface area contributed by atoms with E-state index in [0.29, 0.717) is 12.6 Å². The second-order valence-electron chi connectivity index (χ2n) is 5.17. The molecule has 0 radical (unpaired) electrons. The van der Waals surface area contributed by atoms with Crippen LogP contribution in [0, 0.1) is 0 Å². The van der Waals surface area contributed by atoms with Crippen molar-refractivity contribution < 1.29 is 0 Å². The summed E-state index contributed by atoms with van der Waals surface area (Å²) >= 11 is 3.65. The van der Waals surface area contributed by atoms with Crippen LogP contribution in [0.2, 0.25) is 0 Å². The highest BCUT2D eigenvalue weighted by molar-refractivity contribution is 9.10. The average molecular weight is 312 g/mol. The number of hydrogen-bond donors (Lipinski definition) is 1. The van der Waals surface area contributed by atoms with Gasteiger partial charge in [-0.25, -0.2) is 0 Å². The first-order valence-corrected chi connectivity index (χ1v) is 7.31. The van der Waals surface area contributed by atoms with Crippen molar-refractivity contribution in [2.24, 2.45) is 5.73 Å². The van der Waals surface area contributed by atoms with Crippen molar-refractivity contribution >= 4 is 21.6 Å². The van der Waals surface area contributed by atoms with E-state index in [1.54, 1.807) is 0 Å². The minimum absolute atomic E-state index is 0.674. The molecular formula is C14H22BrN3. The molecule has 1 aromatic rings. The maximum Gasteiger partial charge on any atom is 0.0378 e. The van der Waals surface area contributed by atoms with Crippen molar-refractivity contribution in [3.05, 3.63) is 28.2 Å². The minimum atomic E-state index is 0.674. The molecule has 1 fully saturated rings. The van der Waals surface area contributed by atoms with Crippen molar-refractivity contribution in [3.63, 3.8) is 0 Å². The van der Waals surface area contributed by atoms with Crippen LogP contribution in [0.25, 0.3) is 0 Å². The van der Waals surface area contributed by atoms with Crippen molar-refractivity contribution in [2.75, 3.05) is 38.6 Å².